The van der Waals surface area contributed by atoms with E-state index in [-0.39, 0.29) is 15.3 Å². The van der Waals surface area contributed by atoms with Gasteiger partial charge >= 0.3 is 0 Å². The Morgan fingerprint density at radius 3 is 2.31 bits per heavy atom. The zero-order valence-corrected chi connectivity index (χ0v) is 11.2. The van der Waals surface area contributed by atoms with E-state index in [0.717, 1.165) is 0 Å². The third kappa shape index (κ3) is 3.77. The average molecular weight is 262 g/mol. The molecule has 3 nitrogen and oxygen atoms in total. The van der Waals surface area contributed by atoms with Gasteiger partial charge in [-0.3, -0.25) is 0 Å². The molecule has 1 aromatic rings. The van der Waals surface area contributed by atoms with Crippen LogP contribution in [0.3, 0.4) is 0 Å². The second-order valence-electron chi connectivity index (χ2n) is 4.82. The molecular weight excluding hydrogens is 246 g/mol. The highest BCUT2D eigenvalue weighted by Crippen LogP contribution is 2.21. The standard InChI is InChI=1S/C11H16ClNO2S/c1-11(2,3)8-13-16(14,15)10-7-5-4-6-9(10)12/h4-7,13H,8H2,1-3H3. The predicted octanol–water partition coefficient (Wildman–Crippen LogP) is 2.66. The SMILES string of the molecule is CC(C)(C)CNS(=O)(=O)c1ccccc1Cl. The number of benzene rings is 1. The van der Waals surface area contributed by atoms with Crippen LogP contribution >= 0.6 is 11.6 Å². The highest BCUT2D eigenvalue weighted by Gasteiger charge is 2.20. The lowest BCUT2D eigenvalue weighted by atomic mass is 9.98. The van der Waals surface area contributed by atoms with E-state index in [4.69, 9.17) is 11.6 Å². The van der Waals surface area contributed by atoms with Crippen LogP contribution in [-0.4, -0.2) is 15.0 Å². The minimum absolute atomic E-state index is 0.103. The Bertz CT molecular complexity index is 463. The van der Waals surface area contributed by atoms with Crippen LogP contribution in [0.25, 0.3) is 0 Å². The average Bonchev–Trinajstić information content (AvgIpc) is 2.14. The third-order valence-corrected chi connectivity index (χ3v) is 3.82. The van der Waals surface area contributed by atoms with Crippen LogP contribution in [0.15, 0.2) is 29.2 Å². The molecule has 0 spiro atoms. The molecule has 0 fully saturated rings. The van der Waals surface area contributed by atoms with Crippen LogP contribution in [0.5, 0.6) is 0 Å². The highest BCUT2D eigenvalue weighted by atomic mass is 35.5. The van der Waals surface area contributed by atoms with E-state index in [1.807, 2.05) is 20.8 Å². The van der Waals surface area contributed by atoms with Gasteiger partial charge in [0.2, 0.25) is 10.0 Å². The Morgan fingerprint density at radius 1 is 1.25 bits per heavy atom. The molecule has 0 aliphatic heterocycles. The van der Waals surface area contributed by atoms with Crippen LogP contribution < -0.4 is 4.72 Å². The molecule has 1 rings (SSSR count). The molecule has 0 saturated carbocycles. The molecule has 1 N–H and O–H groups in total. The molecule has 0 aromatic heterocycles. The van der Waals surface area contributed by atoms with Crippen LogP contribution in [0, 0.1) is 5.41 Å². The number of halogens is 1. The quantitative estimate of drug-likeness (QED) is 0.909. The molecular formula is C11H16ClNO2S. The summed E-state index contributed by atoms with van der Waals surface area (Å²) >= 11 is 5.84. The van der Waals surface area contributed by atoms with Crippen molar-refractivity contribution in [2.24, 2.45) is 5.41 Å². The first-order valence-electron chi connectivity index (χ1n) is 4.97. The van der Waals surface area contributed by atoms with Crippen molar-refractivity contribution in [1.29, 1.82) is 0 Å². The second kappa shape index (κ2) is 4.73. The van der Waals surface area contributed by atoms with E-state index in [9.17, 15) is 8.42 Å². The second-order valence-corrected chi connectivity index (χ2v) is 6.96. The van der Waals surface area contributed by atoms with Crippen molar-refractivity contribution >= 4 is 21.6 Å². The van der Waals surface area contributed by atoms with Crippen molar-refractivity contribution in [2.75, 3.05) is 6.54 Å². The maximum Gasteiger partial charge on any atom is 0.242 e. The van der Waals surface area contributed by atoms with Crippen molar-refractivity contribution in [3.63, 3.8) is 0 Å². The Labute approximate surface area is 102 Å². The summed E-state index contributed by atoms with van der Waals surface area (Å²) in [4.78, 5) is 0.126. The fourth-order valence-electron chi connectivity index (χ4n) is 1.05. The lowest BCUT2D eigenvalue weighted by Crippen LogP contribution is -2.32. The van der Waals surface area contributed by atoms with Gasteiger partial charge in [0, 0.05) is 6.54 Å². The highest BCUT2D eigenvalue weighted by molar-refractivity contribution is 7.89. The van der Waals surface area contributed by atoms with Crippen molar-refractivity contribution in [1.82, 2.24) is 4.72 Å². The molecule has 0 aliphatic carbocycles. The number of nitrogens with one attached hydrogen (secondary N) is 1. The van der Waals surface area contributed by atoms with E-state index >= 15 is 0 Å². The normalized spacial score (nSPS) is 12.8. The Kier molecular flexibility index (Phi) is 3.99. The number of hydrogen-bond donors (Lipinski definition) is 1. The van der Waals surface area contributed by atoms with E-state index in [1.165, 1.54) is 6.07 Å². The van der Waals surface area contributed by atoms with Crippen LogP contribution in [-0.2, 0) is 10.0 Å². The third-order valence-electron chi connectivity index (χ3n) is 1.92. The van der Waals surface area contributed by atoms with E-state index in [0.29, 0.717) is 6.54 Å². The molecule has 0 amide bonds. The van der Waals surface area contributed by atoms with Crippen molar-refractivity contribution in [3.8, 4) is 0 Å². The fourth-order valence-corrected chi connectivity index (χ4v) is 2.85. The van der Waals surface area contributed by atoms with Crippen molar-refractivity contribution in [2.45, 2.75) is 25.7 Å². The van der Waals surface area contributed by atoms with Gasteiger partial charge in [0.1, 0.15) is 4.90 Å². The molecule has 0 atom stereocenters. The largest absolute Gasteiger partial charge is 0.242 e. The van der Waals surface area contributed by atoms with Gasteiger partial charge in [0.05, 0.1) is 5.02 Å². The van der Waals surface area contributed by atoms with Crippen LogP contribution in [0.4, 0.5) is 0 Å². The Morgan fingerprint density at radius 2 is 1.81 bits per heavy atom. The van der Waals surface area contributed by atoms with Gasteiger partial charge in [-0.25, -0.2) is 13.1 Å². The zero-order chi connectivity index (χ0) is 12.4. The Balaban J connectivity index is 2.92. The first-order valence-corrected chi connectivity index (χ1v) is 6.83. The summed E-state index contributed by atoms with van der Waals surface area (Å²) in [6.07, 6.45) is 0. The zero-order valence-electron chi connectivity index (χ0n) is 9.62. The topological polar surface area (TPSA) is 46.2 Å². The van der Waals surface area contributed by atoms with Crippen LogP contribution in [0.1, 0.15) is 20.8 Å². The maximum atomic E-state index is 11.9. The van der Waals surface area contributed by atoms with Gasteiger partial charge < -0.3 is 0 Å². The van der Waals surface area contributed by atoms with Gasteiger partial charge in [-0.2, -0.15) is 0 Å². The van der Waals surface area contributed by atoms with Crippen molar-refractivity contribution in [3.05, 3.63) is 29.3 Å². The molecule has 0 aliphatic rings. The molecule has 5 heteroatoms. The first-order chi connectivity index (χ1) is 7.22. The molecule has 0 bridgehead atoms. The van der Waals surface area contributed by atoms with Gasteiger partial charge in [-0.1, -0.05) is 44.5 Å². The minimum atomic E-state index is -3.51. The molecule has 0 heterocycles. The lowest BCUT2D eigenvalue weighted by Gasteiger charge is -2.19. The molecule has 90 valence electrons. The van der Waals surface area contributed by atoms with Crippen molar-refractivity contribution < 1.29 is 8.42 Å². The summed E-state index contributed by atoms with van der Waals surface area (Å²) in [5.41, 5.74) is -0.103. The number of rotatable bonds is 3. The van der Waals surface area contributed by atoms with E-state index in [1.54, 1.807) is 18.2 Å². The summed E-state index contributed by atoms with van der Waals surface area (Å²) in [5.74, 6) is 0. The van der Waals surface area contributed by atoms with Crippen LogP contribution in [0.2, 0.25) is 5.02 Å². The molecule has 1 aromatic carbocycles. The summed E-state index contributed by atoms with van der Waals surface area (Å²) in [7, 11) is -3.51. The van der Waals surface area contributed by atoms with Gasteiger partial charge in [0.15, 0.2) is 0 Å². The summed E-state index contributed by atoms with van der Waals surface area (Å²) in [5, 5.41) is 0.240. The van der Waals surface area contributed by atoms with Gasteiger partial charge in [0.25, 0.3) is 0 Å². The summed E-state index contributed by atoms with van der Waals surface area (Å²) < 4.78 is 26.4. The summed E-state index contributed by atoms with van der Waals surface area (Å²) in [6.45, 7) is 6.26. The summed E-state index contributed by atoms with van der Waals surface area (Å²) in [6, 6.07) is 6.41. The molecule has 0 saturated heterocycles. The number of hydrogen-bond acceptors (Lipinski definition) is 2. The fraction of sp³-hybridized carbons (Fsp3) is 0.455. The van der Waals surface area contributed by atoms with E-state index < -0.39 is 10.0 Å². The predicted molar refractivity (Wildman–Crippen MR) is 66.1 cm³/mol. The molecule has 0 radical (unpaired) electrons. The molecule has 0 unspecified atom stereocenters. The minimum Gasteiger partial charge on any atom is -0.211 e. The maximum absolute atomic E-state index is 11.9. The first kappa shape index (κ1) is 13.5. The smallest absolute Gasteiger partial charge is 0.211 e. The molecule has 16 heavy (non-hydrogen) atoms. The van der Waals surface area contributed by atoms with E-state index in [2.05, 4.69) is 4.72 Å². The number of sulfonamides is 1. The lowest BCUT2D eigenvalue weighted by molar-refractivity contribution is 0.407. The monoisotopic (exact) mass is 261 g/mol. The Hall–Kier alpha value is -0.580. The van der Waals surface area contributed by atoms with Gasteiger partial charge in [-0.05, 0) is 17.5 Å². The van der Waals surface area contributed by atoms with Gasteiger partial charge in [-0.15, -0.1) is 0 Å².